The van der Waals surface area contributed by atoms with Crippen molar-refractivity contribution in [2.24, 2.45) is 7.05 Å². The number of likely N-dealkylation sites (tertiary alicyclic amines) is 1. The Bertz CT molecular complexity index is 771. The van der Waals surface area contributed by atoms with Crippen LogP contribution in [0.3, 0.4) is 0 Å². The first-order chi connectivity index (χ1) is 11.3. The van der Waals surface area contributed by atoms with Crippen molar-refractivity contribution in [3.63, 3.8) is 0 Å². The molecule has 0 unspecified atom stereocenters. The van der Waals surface area contributed by atoms with Crippen LogP contribution in [0.5, 0.6) is 5.75 Å². The molecular weight excluding hydrogens is 290 g/mol. The lowest BCUT2D eigenvalue weighted by molar-refractivity contribution is 0.0973. The Labute approximate surface area is 135 Å². The maximum absolute atomic E-state index is 6.29. The minimum atomic E-state index is 0.286. The van der Waals surface area contributed by atoms with Crippen molar-refractivity contribution >= 4 is 10.9 Å². The lowest BCUT2D eigenvalue weighted by atomic mass is 10.1. The summed E-state index contributed by atoms with van der Waals surface area (Å²) in [5, 5.41) is 1.19. The van der Waals surface area contributed by atoms with Gasteiger partial charge in [0.1, 0.15) is 18.1 Å². The Morgan fingerprint density at radius 3 is 2.91 bits per heavy atom. The van der Waals surface area contributed by atoms with Crippen LogP contribution in [0.2, 0.25) is 0 Å². The second-order valence-electron chi connectivity index (χ2n) is 6.19. The summed E-state index contributed by atoms with van der Waals surface area (Å²) in [5.41, 5.74) is 2.21. The molecule has 1 aliphatic heterocycles. The number of hydrogen-bond donors (Lipinski definition) is 0. The average Bonchev–Trinajstić information content (AvgIpc) is 3.20. The van der Waals surface area contributed by atoms with Gasteiger partial charge in [-0.15, -0.1) is 0 Å². The van der Waals surface area contributed by atoms with Crippen LogP contribution in [-0.4, -0.2) is 33.6 Å². The minimum Gasteiger partial charge on any atom is -0.490 e. The highest BCUT2D eigenvalue weighted by Gasteiger charge is 2.21. The van der Waals surface area contributed by atoms with Gasteiger partial charge in [-0.05, 0) is 31.0 Å². The zero-order valence-electron chi connectivity index (χ0n) is 13.3. The molecule has 0 aliphatic carbocycles. The molecule has 0 amide bonds. The standard InChI is InChI=1S/C18H21N3O2/c1-20-8-7-16-17(20)3-2-4-18(16)23-15-5-9-21(10-6-15)11-14-12-22-13-19-14/h2-4,7-8,12-13,15H,5-6,9-11H2,1H3. The highest BCUT2D eigenvalue weighted by Crippen LogP contribution is 2.28. The van der Waals surface area contributed by atoms with E-state index in [1.165, 1.54) is 17.3 Å². The van der Waals surface area contributed by atoms with Gasteiger partial charge in [-0.3, -0.25) is 4.90 Å². The van der Waals surface area contributed by atoms with Crippen LogP contribution in [-0.2, 0) is 13.6 Å². The molecule has 0 bridgehead atoms. The van der Waals surface area contributed by atoms with E-state index in [0.29, 0.717) is 0 Å². The fraction of sp³-hybridized carbons (Fsp3) is 0.389. The highest BCUT2D eigenvalue weighted by atomic mass is 16.5. The fourth-order valence-electron chi connectivity index (χ4n) is 3.29. The number of aryl methyl sites for hydroxylation is 1. The molecule has 1 saturated heterocycles. The van der Waals surface area contributed by atoms with E-state index in [1.807, 2.05) is 0 Å². The molecule has 1 aliphatic rings. The number of nitrogens with zero attached hydrogens (tertiary/aromatic N) is 3. The highest BCUT2D eigenvalue weighted by molar-refractivity contribution is 5.86. The number of rotatable bonds is 4. The SMILES string of the molecule is Cn1ccc2c(OC3CCN(Cc4cocn4)CC3)cccc21. The summed E-state index contributed by atoms with van der Waals surface area (Å²) in [5.74, 6) is 0.998. The van der Waals surface area contributed by atoms with Crippen LogP contribution in [0, 0.1) is 0 Å². The first-order valence-corrected chi connectivity index (χ1v) is 8.10. The summed E-state index contributed by atoms with van der Waals surface area (Å²) in [4.78, 5) is 6.60. The molecule has 0 spiro atoms. The van der Waals surface area contributed by atoms with E-state index >= 15 is 0 Å². The smallest absolute Gasteiger partial charge is 0.180 e. The third-order valence-corrected chi connectivity index (χ3v) is 4.59. The summed E-state index contributed by atoms with van der Waals surface area (Å²) < 4.78 is 13.5. The molecule has 0 saturated carbocycles. The third-order valence-electron chi connectivity index (χ3n) is 4.59. The summed E-state index contributed by atoms with van der Waals surface area (Å²) in [6, 6.07) is 8.40. The second kappa shape index (κ2) is 6.08. The zero-order valence-corrected chi connectivity index (χ0v) is 13.3. The topological polar surface area (TPSA) is 43.4 Å². The first kappa shape index (κ1) is 14.3. The zero-order chi connectivity index (χ0) is 15.6. The van der Waals surface area contributed by atoms with Crippen LogP contribution >= 0.6 is 0 Å². The molecule has 4 rings (SSSR count). The molecule has 2 aromatic heterocycles. The summed E-state index contributed by atoms with van der Waals surface area (Å²) >= 11 is 0. The predicted molar refractivity (Wildman–Crippen MR) is 88.3 cm³/mol. The molecule has 23 heavy (non-hydrogen) atoms. The summed E-state index contributed by atoms with van der Waals surface area (Å²) in [6.45, 7) is 2.92. The van der Waals surface area contributed by atoms with Gasteiger partial charge in [0.15, 0.2) is 6.39 Å². The van der Waals surface area contributed by atoms with Gasteiger partial charge in [0.05, 0.1) is 11.2 Å². The number of fused-ring (bicyclic) bond motifs is 1. The Morgan fingerprint density at radius 2 is 2.13 bits per heavy atom. The number of oxazole rings is 1. The van der Waals surface area contributed by atoms with Gasteiger partial charge in [-0.1, -0.05) is 6.07 Å². The predicted octanol–water partition coefficient (Wildman–Crippen LogP) is 3.21. The maximum Gasteiger partial charge on any atom is 0.180 e. The number of hydrogen-bond acceptors (Lipinski definition) is 4. The molecule has 1 aromatic carbocycles. The quantitative estimate of drug-likeness (QED) is 0.742. The second-order valence-corrected chi connectivity index (χ2v) is 6.19. The van der Waals surface area contributed by atoms with Crippen molar-refractivity contribution in [3.8, 4) is 5.75 Å². The molecule has 3 heterocycles. The number of benzene rings is 1. The van der Waals surface area contributed by atoms with Crippen molar-refractivity contribution in [1.29, 1.82) is 0 Å². The van der Waals surface area contributed by atoms with Crippen LogP contribution in [0.25, 0.3) is 10.9 Å². The molecule has 120 valence electrons. The van der Waals surface area contributed by atoms with Gasteiger partial charge in [-0.25, -0.2) is 4.98 Å². The van der Waals surface area contributed by atoms with E-state index in [1.54, 1.807) is 6.26 Å². The normalized spacial score (nSPS) is 16.9. The van der Waals surface area contributed by atoms with Gasteiger partial charge in [-0.2, -0.15) is 0 Å². The van der Waals surface area contributed by atoms with Crippen molar-refractivity contribution in [2.45, 2.75) is 25.5 Å². The van der Waals surface area contributed by atoms with E-state index in [9.17, 15) is 0 Å². The van der Waals surface area contributed by atoms with Gasteiger partial charge in [0, 0.05) is 38.3 Å². The van der Waals surface area contributed by atoms with Gasteiger partial charge in [0.25, 0.3) is 0 Å². The number of piperidine rings is 1. The Kier molecular flexibility index (Phi) is 3.79. The van der Waals surface area contributed by atoms with E-state index in [0.717, 1.165) is 43.9 Å². The molecule has 5 heteroatoms. The summed E-state index contributed by atoms with van der Waals surface area (Å²) in [7, 11) is 2.06. The molecular formula is C18H21N3O2. The van der Waals surface area contributed by atoms with Crippen LogP contribution in [0.15, 0.2) is 47.5 Å². The van der Waals surface area contributed by atoms with E-state index in [4.69, 9.17) is 9.15 Å². The largest absolute Gasteiger partial charge is 0.490 e. The molecule has 3 aromatic rings. The average molecular weight is 311 g/mol. The lowest BCUT2D eigenvalue weighted by Gasteiger charge is -2.31. The Morgan fingerprint density at radius 1 is 1.26 bits per heavy atom. The third kappa shape index (κ3) is 2.97. The van der Waals surface area contributed by atoms with E-state index in [-0.39, 0.29) is 6.10 Å². The van der Waals surface area contributed by atoms with Crippen LogP contribution < -0.4 is 4.74 Å². The van der Waals surface area contributed by atoms with Crippen molar-refractivity contribution in [1.82, 2.24) is 14.5 Å². The monoisotopic (exact) mass is 311 g/mol. The maximum atomic E-state index is 6.29. The van der Waals surface area contributed by atoms with Crippen molar-refractivity contribution in [2.75, 3.05) is 13.1 Å². The van der Waals surface area contributed by atoms with E-state index < -0.39 is 0 Å². The Balaban J connectivity index is 1.39. The van der Waals surface area contributed by atoms with Gasteiger partial charge in [0.2, 0.25) is 0 Å². The molecule has 1 fully saturated rings. The van der Waals surface area contributed by atoms with E-state index in [2.05, 4.69) is 52.0 Å². The number of aromatic nitrogens is 2. The molecule has 0 atom stereocenters. The first-order valence-electron chi connectivity index (χ1n) is 8.10. The number of ether oxygens (including phenoxy) is 1. The van der Waals surface area contributed by atoms with Crippen molar-refractivity contribution < 1.29 is 9.15 Å². The van der Waals surface area contributed by atoms with Gasteiger partial charge >= 0.3 is 0 Å². The summed E-state index contributed by atoms with van der Waals surface area (Å²) in [6.07, 6.45) is 7.67. The van der Waals surface area contributed by atoms with Crippen molar-refractivity contribution in [3.05, 3.63) is 48.8 Å². The molecule has 0 radical (unpaired) electrons. The van der Waals surface area contributed by atoms with Gasteiger partial charge < -0.3 is 13.7 Å². The van der Waals surface area contributed by atoms with Crippen LogP contribution in [0.1, 0.15) is 18.5 Å². The Hall–Kier alpha value is -2.27. The van der Waals surface area contributed by atoms with Crippen LogP contribution in [0.4, 0.5) is 0 Å². The minimum absolute atomic E-state index is 0.286. The fourth-order valence-corrected chi connectivity index (χ4v) is 3.29. The molecule has 5 nitrogen and oxygen atoms in total. The molecule has 0 N–H and O–H groups in total. The lowest BCUT2D eigenvalue weighted by Crippen LogP contribution is -2.37.